The van der Waals surface area contributed by atoms with Crippen molar-refractivity contribution in [3.8, 4) is 5.75 Å². The van der Waals surface area contributed by atoms with Crippen molar-refractivity contribution < 1.29 is 9.53 Å². The van der Waals surface area contributed by atoms with Gasteiger partial charge in [-0.2, -0.15) is 0 Å². The number of carbonyl (C=O) groups excluding carboxylic acids is 1. The Balaban J connectivity index is 1.40. The van der Waals surface area contributed by atoms with Crippen LogP contribution in [0.4, 0.5) is 5.13 Å². The van der Waals surface area contributed by atoms with Gasteiger partial charge in [0.05, 0.1) is 16.8 Å². The number of carbonyl (C=O) groups is 1. The highest BCUT2D eigenvalue weighted by atomic mass is 32.1. The predicted octanol–water partition coefficient (Wildman–Crippen LogP) is 4.61. The molecule has 2 aromatic carbocycles. The standard InChI is InChI=1S/C23H18N4O3S2/c1-2-30-15-8-9-18-19(11-15)32-22(25-18)26-20(28)17-12-24-23-27(21(17)29)13-16(31-23)10-14-6-4-3-5-7-14/h3-9,11-13H,2,10H2,1H3,(H,25,26,28). The first-order valence-electron chi connectivity index (χ1n) is 9.99. The van der Waals surface area contributed by atoms with Crippen LogP contribution in [0, 0.1) is 0 Å². The minimum Gasteiger partial charge on any atom is -0.494 e. The molecule has 0 aliphatic rings. The highest BCUT2D eigenvalue weighted by Crippen LogP contribution is 2.29. The molecule has 9 heteroatoms. The molecule has 0 aliphatic carbocycles. The number of anilines is 1. The molecule has 5 aromatic rings. The first kappa shape index (κ1) is 20.3. The van der Waals surface area contributed by atoms with Gasteiger partial charge in [-0.15, -0.1) is 11.3 Å². The Hall–Kier alpha value is -3.56. The number of nitrogens with zero attached hydrogens (tertiary/aromatic N) is 3. The molecule has 0 bridgehead atoms. The number of thiazole rings is 2. The van der Waals surface area contributed by atoms with Crippen LogP contribution in [-0.4, -0.2) is 26.9 Å². The van der Waals surface area contributed by atoms with Crippen LogP contribution in [-0.2, 0) is 6.42 Å². The molecule has 0 saturated heterocycles. The zero-order valence-electron chi connectivity index (χ0n) is 17.1. The summed E-state index contributed by atoms with van der Waals surface area (Å²) in [6, 6.07) is 15.6. The van der Waals surface area contributed by atoms with Gasteiger partial charge in [-0.05, 0) is 30.7 Å². The van der Waals surface area contributed by atoms with E-state index in [1.807, 2.05) is 55.5 Å². The molecular formula is C23H18N4O3S2. The third-order valence-electron chi connectivity index (χ3n) is 4.81. The second kappa shape index (κ2) is 8.52. The van der Waals surface area contributed by atoms with E-state index in [2.05, 4.69) is 15.3 Å². The molecule has 0 fully saturated rings. The summed E-state index contributed by atoms with van der Waals surface area (Å²) in [4.78, 5) is 36.1. The third-order valence-corrected chi connectivity index (χ3v) is 6.74. The summed E-state index contributed by atoms with van der Waals surface area (Å²) < 4.78 is 7.83. The molecule has 1 amide bonds. The maximum Gasteiger partial charge on any atom is 0.271 e. The lowest BCUT2D eigenvalue weighted by Crippen LogP contribution is -2.25. The lowest BCUT2D eigenvalue weighted by atomic mass is 10.1. The van der Waals surface area contributed by atoms with E-state index < -0.39 is 11.5 Å². The fraction of sp³-hybridized carbons (Fsp3) is 0.130. The number of hydrogen-bond acceptors (Lipinski definition) is 7. The number of fused-ring (bicyclic) bond motifs is 2. The summed E-state index contributed by atoms with van der Waals surface area (Å²) in [6.07, 6.45) is 3.79. The van der Waals surface area contributed by atoms with Crippen molar-refractivity contribution in [3.63, 3.8) is 0 Å². The third kappa shape index (κ3) is 4.00. The molecule has 0 atom stereocenters. The molecular weight excluding hydrogens is 444 g/mol. The maximum absolute atomic E-state index is 12.9. The van der Waals surface area contributed by atoms with Crippen LogP contribution < -0.4 is 15.6 Å². The summed E-state index contributed by atoms with van der Waals surface area (Å²) >= 11 is 2.76. The SMILES string of the molecule is CCOc1ccc2nc(NC(=O)c3cnc4sc(Cc5ccccc5)cn4c3=O)sc2c1. The Bertz CT molecular complexity index is 1490. The summed E-state index contributed by atoms with van der Waals surface area (Å²) in [5, 5.41) is 3.14. The fourth-order valence-corrected chi connectivity index (χ4v) is 5.20. The van der Waals surface area contributed by atoms with Crippen molar-refractivity contribution in [2.24, 2.45) is 0 Å². The van der Waals surface area contributed by atoms with E-state index in [1.165, 1.54) is 33.3 Å². The number of ether oxygens (including phenoxy) is 1. The minimum atomic E-state index is -0.531. The van der Waals surface area contributed by atoms with Gasteiger partial charge in [-0.3, -0.25) is 19.3 Å². The van der Waals surface area contributed by atoms with E-state index in [-0.39, 0.29) is 5.56 Å². The number of hydrogen-bond donors (Lipinski definition) is 1. The smallest absolute Gasteiger partial charge is 0.271 e. The first-order chi connectivity index (χ1) is 15.6. The topological polar surface area (TPSA) is 85.6 Å². The van der Waals surface area contributed by atoms with Crippen LogP contribution in [0.3, 0.4) is 0 Å². The quantitative estimate of drug-likeness (QED) is 0.398. The van der Waals surface area contributed by atoms with Gasteiger partial charge in [0, 0.05) is 23.7 Å². The zero-order valence-corrected chi connectivity index (χ0v) is 18.7. The lowest BCUT2D eigenvalue weighted by molar-refractivity contribution is 0.102. The maximum atomic E-state index is 12.9. The van der Waals surface area contributed by atoms with Crippen LogP contribution in [0.15, 0.2) is 65.7 Å². The molecule has 0 unspecified atom stereocenters. The van der Waals surface area contributed by atoms with Gasteiger partial charge < -0.3 is 4.74 Å². The van der Waals surface area contributed by atoms with Crippen LogP contribution in [0.2, 0.25) is 0 Å². The molecule has 32 heavy (non-hydrogen) atoms. The monoisotopic (exact) mass is 462 g/mol. The van der Waals surface area contributed by atoms with E-state index in [0.29, 0.717) is 23.1 Å². The van der Waals surface area contributed by atoms with Gasteiger partial charge in [0.2, 0.25) is 0 Å². The van der Waals surface area contributed by atoms with Gasteiger partial charge in [-0.25, -0.2) is 9.97 Å². The molecule has 3 aromatic heterocycles. The van der Waals surface area contributed by atoms with Crippen LogP contribution in [0.25, 0.3) is 15.2 Å². The Morgan fingerprint density at radius 2 is 2.00 bits per heavy atom. The number of rotatable bonds is 6. The molecule has 0 aliphatic heterocycles. The molecule has 3 heterocycles. The molecule has 160 valence electrons. The van der Waals surface area contributed by atoms with Gasteiger partial charge in [0.1, 0.15) is 11.3 Å². The second-order valence-corrected chi connectivity index (χ2v) is 9.15. The Kier molecular flexibility index (Phi) is 5.42. The van der Waals surface area contributed by atoms with Gasteiger partial charge in [0.15, 0.2) is 10.1 Å². The average Bonchev–Trinajstić information content (AvgIpc) is 3.38. The lowest BCUT2D eigenvalue weighted by Gasteiger charge is -2.01. The van der Waals surface area contributed by atoms with E-state index >= 15 is 0 Å². The Morgan fingerprint density at radius 1 is 1.16 bits per heavy atom. The normalized spacial score (nSPS) is 11.2. The molecule has 0 radical (unpaired) electrons. The van der Waals surface area contributed by atoms with E-state index in [4.69, 9.17) is 4.74 Å². The van der Waals surface area contributed by atoms with Crippen molar-refractivity contribution in [1.82, 2.24) is 14.4 Å². The minimum absolute atomic E-state index is 0.0270. The van der Waals surface area contributed by atoms with Crippen molar-refractivity contribution in [2.75, 3.05) is 11.9 Å². The predicted molar refractivity (Wildman–Crippen MR) is 127 cm³/mol. The second-order valence-electron chi connectivity index (χ2n) is 7.03. The first-order valence-corrected chi connectivity index (χ1v) is 11.6. The Labute approximate surface area is 191 Å². The van der Waals surface area contributed by atoms with Gasteiger partial charge in [0.25, 0.3) is 11.5 Å². The Morgan fingerprint density at radius 3 is 2.81 bits per heavy atom. The molecule has 0 spiro atoms. The molecule has 5 rings (SSSR count). The summed E-state index contributed by atoms with van der Waals surface area (Å²) in [5.74, 6) is 0.218. The largest absolute Gasteiger partial charge is 0.494 e. The van der Waals surface area contributed by atoms with E-state index in [0.717, 1.165) is 26.4 Å². The van der Waals surface area contributed by atoms with Crippen molar-refractivity contribution in [1.29, 1.82) is 0 Å². The van der Waals surface area contributed by atoms with Crippen LogP contribution >= 0.6 is 22.7 Å². The van der Waals surface area contributed by atoms with Gasteiger partial charge in [-0.1, -0.05) is 41.7 Å². The highest BCUT2D eigenvalue weighted by Gasteiger charge is 2.17. The number of amides is 1. The highest BCUT2D eigenvalue weighted by molar-refractivity contribution is 7.22. The molecule has 0 saturated carbocycles. The van der Waals surface area contributed by atoms with Crippen LogP contribution in [0.5, 0.6) is 5.75 Å². The van der Waals surface area contributed by atoms with Crippen molar-refractivity contribution >= 4 is 48.9 Å². The number of aromatic nitrogens is 3. The number of benzene rings is 2. The zero-order chi connectivity index (χ0) is 22.1. The van der Waals surface area contributed by atoms with E-state index in [9.17, 15) is 9.59 Å². The average molecular weight is 463 g/mol. The summed E-state index contributed by atoms with van der Waals surface area (Å²) in [6.45, 7) is 2.49. The van der Waals surface area contributed by atoms with Crippen molar-refractivity contribution in [3.05, 3.63) is 87.3 Å². The summed E-state index contributed by atoms with van der Waals surface area (Å²) in [5.41, 5.74) is 1.47. The van der Waals surface area contributed by atoms with Gasteiger partial charge >= 0.3 is 0 Å². The van der Waals surface area contributed by atoms with Crippen LogP contribution in [0.1, 0.15) is 27.7 Å². The number of nitrogens with one attached hydrogen (secondary N) is 1. The molecule has 1 N–H and O–H groups in total. The van der Waals surface area contributed by atoms with E-state index in [1.54, 1.807) is 6.20 Å². The molecule has 7 nitrogen and oxygen atoms in total. The fourth-order valence-electron chi connectivity index (χ4n) is 3.34. The van der Waals surface area contributed by atoms with Crippen molar-refractivity contribution in [2.45, 2.75) is 13.3 Å². The summed E-state index contributed by atoms with van der Waals surface area (Å²) in [7, 11) is 0.